The third-order valence-electron chi connectivity index (χ3n) is 5.22. The molecule has 0 saturated heterocycles. The van der Waals surface area contributed by atoms with Crippen LogP contribution in [-0.4, -0.2) is 23.0 Å². The van der Waals surface area contributed by atoms with E-state index in [4.69, 9.17) is 4.74 Å². The number of nitrogens with one attached hydrogen (secondary N) is 1. The lowest BCUT2D eigenvalue weighted by atomic mass is 10.0. The molecule has 32 heavy (non-hydrogen) atoms. The number of carboxylic acids is 1. The average molecular weight is 425 g/mol. The van der Waals surface area contributed by atoms with Gasteiger partial charge in [-0.15, -0.1) is 0 Å². The zero-order valence-electron chi connectivity index (χ0n) is 17.4. The zero-order valence-corrected chi connectivity index (χ0v) is 17.4. The molecule has 5 heteroatoms. The molecule has 0 radical (unpaired) electrons. The lowest BCUT2D eigenvalue weighted by Gasteiger charge is -2.16. The Kier molecular flexibility index (Phi) is 6.46. The maximum atomic E-state index is 12.9. The quantitative estimate of drug-likeness (QED) is 0.423. The summed E-state index contributed by atoms with van der Waals surface area (Å²) in [5.41, 5.74) is 2.26. The number of fused-ring (bicyclic) bond motifs is 1. The Labute approximate surface area is 186 Å². The number of amides is 1. The number of benzene rings is 4. The summed E-state index contributed by atoms with van der Waals surface area (Å²) >= 11 is 0. The SMILES string of the molecule is O=C(N[C@@H](Cc1cccc(OCc2ccccc2)c1)C(=O)O)c1cccc2ccccc12. The summed E-state index contributed by atoms with van der Waals surface area (Å²) in [6, 6.07) is 29.0. The molecule has 0 heterocycles. The van der Waals surface area contributed by atoms with Crippen LogP contribution in [0.1, 0.15) is 21.5 Å². The molecule has 4 aromatic carbocycles. The Morgan fingerprint density at radius 1 is 0.812 bits per heavy atom. The van der Waals surface area contributed by atoms with Crippen LogP contribution in [0.3, 0.4) is 0 Å². The lowest BCUT2D eigenvalue weighted by molar-refractivity contribution is -0.139. The minimum Gasteiger partial charge on any atom is -0.489 e. The number of carbonyl (C=O) groups is 2. The van der Waals surface area contributed by atoms with Crippen LogP contribution >= 0.6 is 0 Å². The highest BCUT2D eigenvalue weighted by Crippen LogP contribution is 2.20. The fraction of sp³-hybridized carbons (Fsp3) is 0.111. The molecular formula is C27H23NO4. The van der Waals surface area contributed by atoms with Gasteiger partial charge in [0.2, 0.25) is 0 Å². The normalized spacial score (nSPS) is 11.6. The fourth-order valence-corrected chi connectivity index (χ4v) is 3.60. The van der Waals surface area contributed by atoms with Gasteiger partial charge >= 0.3 is 5.97 Å². The van der Waals surface area contributed by atoms with Crippen molar-refractivity contribution in [1.82, 2.24) is 5.32 Å². The molecule has 5 nitrogen and oxygen atoms in total. The predicted octanol–water partition coefficient (Wildman–Crippen LogP) is 4.84. The van der Waals surface area contributed by atoms with Gasteiger partial charge in [0.15, 0.2) is 0 Å². The van der Waals surface area contributed by atoms with Crippen LogP contribution in [0.25, 0.3) is 10.8 Å². The molecule has 160 valence electrons. The number of rotatable bonds is 8. The Morgan fingerprint density at radius 3 is 2.31 bits per heavy atom. The first-order valence-corrected chi connectivity index (χ1v) is 10.4. The second kappa shape index (κ2) is 9.79. The van der Waals surface area contributed by atoms with Crippen LogP contribution in [0.2, 0.25) is 0 Å². The topological polar surface area (TPSA) is 75.6 Å². The third-order valence-corrected chi connectivity index (χ3v) is 5.22. The highest BCUT2D eigenvalue weighted by atomic mass is 16.5. The van der Waals surface area contributed by atoms with Gasteiger partial charge in [0.25, 0.3) is 5.91 Å². The number of carbonyl (C=O) groups excluding carboxylic acids is 1. The molecule has 0 unspecified atom stereocenters. The van der Waals surface area contributed by atoms with Crippen molar-refractivity contribution in [3.8, 4) is 5.75 Å². The van der Waals surface area contributed by atoms with Crippen LogP contribution in [0, 0.1) is 0 Å². The van der Waals surface area contributed by atoms with Crippen molar-refractivity contribution in [2.45, 2.75) is 19.1 Å². The molecule has 0 fully saturated rings. The minimum atomic E-state index is -1.09. The second-order valence-corrected chi connectivity index (χ2v) is 7.52. The smallest absolute Gasteiger partial charge is 0.326 e. The lowest BCUT2D eigenvalue weighted by Crippen LogP contribution is -2.42. The van der Waals surface area contributed by atoms with Gasteiger partial charge in [-0.25, -0.2) is 4.79 Å². The van der Waals surface area contributed by atoms with E-state index < -0.39 is 17.9 Å². The number of ether oxygens (including phenoxy) is 1. The average Bonchev–Trinajstić information content (AvgIpc) is 2.83. The third kappa shape index (κ3) is 5.13. The molecule has 0 saturated carbocycles. The van der Waals surface area contributed by atoms with Crippen molar-refractivity contribution in [3.63, 3.8) is 0 Å². The predicted molar refractivity (Wildman–Crippen MR) is 124 cm³/mol. The Bertz CT molecular complexity index is 1230. The van der Waals surface area contributed by atoms with Crippen LogP contribution in [0.15, 0.2) is 97.1 Å². The zero-order chi connectivity index (χ0) is 22.3. The summed E-state index contributed by atoms with van der Waals surface area (Å²) in [4.78, 5) is 24.8. The van der Waals surface area contributed by atoms with E-state index in [1.54, 1.807) is 12.1 Å². The van der Waals surface area contributed by atoms with Gasteiger partial charge in [-0.05, 0) is 40.1 Å². The maximum absolute atomic E-state index is 12.9. The minimum absolute atomic E-state index is 0.147. The number of hydrogen-bond donors (Lipinski definition) is 2. The monoisotopic (exact) mass is 425 g/mol. The molecular weight excluding hydrogens is 402 g/mol. The number of aliphatic carboxylic acids is 1. The summed E-state index contributed by atoms with van der Waals surface area (Å²) in [6.45, 7) is 0.421. The Hall–Kier alpha value is -4.12. The molecule has 0 aliphatic rings. The van der Waals surface area contributed by atoms with Gasteiger partial charge in [0.1, 0.15) is 18.4 Å². The standard InChI is InChI=1S/C27H23NO4/c29-26(24-15-7-12-21-11-4-5-14-23(21)24)28-25(27(30)31)17-20-10-6-13-22(16-20)32-18-19-8-2-1-3-9-19/h1-16,25H,17-18H2,(H,28,29)(H,30,31)/t25-/m0/s1. The molecule has 4 aromatic rings. The van der Waals surface area contributed by atoms with E-state index >= 15 is 0 Å². The summed E-state index contributed by atoms with van der Waals surface area (Å²) in [5.74, 6) is -0.851. The molecule has 4 rings (SSSR count). The second-order valence-electron chi connectivity index (χ2n) is 7.52. The van der Waals surface area contributed by atoms with Gasteiger partial charge in [-0.1, -0.05) is 78.9 Å². The first-order valence-electron chi connectivity index (χ1n) is 10.4. The van der Waals surface area contributed by atoms with Crippen LogP contribution < -0.4 is 10.1 Å². The van der Waals surface area contributed by atoms with E-state index in [-0.39, 0.29) is 6.42 Å². The number of hydrogen-bond acceptors (Lipinski definition) is 3. The van der Waals surface area contributed by atoms with E-state index in [2.05, 4.69) is 5.32 Å². The molecule has 0 aliphatic heterocycles. The van der Waals surface area contributed by atoms with Crippen molar-refractivity contribution in [3.05, 3.63) is 114 Å². The molecule has 0 bridgehead atoms. The first kappa shape index (κ1) is 21.1. The molecule has 0 aromatic heterocycles. The van der Waals surface area contributed by atoms with Gasteiger partial charge < -0.3 is 15.2 Å². The molecule has 0 aliphatic carbocycles. The highest BCUT2D eigenvalue weighted by molar-refractivity contribution is 6.07. The van der Waals surface area contributed by atoms with E-state index in [1.807, 2.05) is 84.9 Å². The van der Waals surface area contributed by atoms with Gasteiger partial charge in [-0.3, -0.25) is 4.79 Å². The van der Waals surface area contributed by atoms with Gasteiger partial charge in [0.05, 0.1) is 0 Å². The summed E-state index contributed by atoms with van der Waals surface area (Å²) in [7, 11) is 0. The van der Waals surface area contributed by atoms with Crippen molar-refractivity contribution in [2.75, 3.05) is 0 Å². The van der Waals surface area contributed by atoms with Crippen molar-refractivity contribution < 1.29 is 19.4 Å². The van der Waals surface area contributed by atoms with E-state index in [0.717, 1.165) is 21.9 Å². The molecule has 0 spiro atoms. The maximum Gasteiger partial charge on any atom is 0.326 e. The Morgan fingerprint density at radius 2 is 1.50 bits per heavy atom. The van der Waals surface area contributed by atoms with Gasteiger partial charge in [0, 0.05) is 12.0 Å². The molecule has 1 atom stereocenters. The number of carboxylic acid groups (broad SMARTS) is 1. The molecule has 2 N–H and O–H groups in total. The van der Waals surface area contributed by atoms with E-state index in [0.29, 0.717) is 17.9 Å². The summed E-state index contributed by atoms with van der Waals surface area (Å²) < 4.78 is 5.84. The molecule has 1 amide bonds. The van der Waals surface area contributed by atoms with Crippen molar-refractivity contribution in [1.29, 1.82) is 0 Å². The van der Waals surface area contributed by atoms with Crippen LogP contribution in [0.5, 0.6) is 5.75 Å². The van der Waals surface area contributed by atoms with Crippen molar-refractivity contribution >= 4 is 22.6 Å². The van der Waals surface area contributed by atoms with E-state index in [9.17, 15) is 14.7 Å². The largest absolute Gasteiger partial charge is 0.489 e. The van der Waals surface area contributed by atoms with Crippen molar-refractivity contribution in [2.24, 2.45) is 0 Å². The van der Waals surface area contributed by atoms with Crippen LogP contribution in [0.4, 0.5) is 0 Å². The summed E-state index contributed by atoms with van der Waals surface area (Å²) in [6.07, 6.45) is 0.147. The summed E-state index contributed by atoms with van der Waals surface area (Å²) in [5, 5.41) is 14.1. The first-order chi connectivity index (χ1) is 15.6. The van der Waals surface area contributed by atoms with Gasteiger partial charge in [-0.2, -0.15) is 0 Å². The highest BCUT2D eigenvalue weighted by Gasteiger charge is 2.22. The van der Waals surface area contributed by atoms with E-state index in [1.165, 1.54) is 0 Å². The Balaban J connectivity index is 1.46. The van der Waals surface area contributed by atoms with Crippen LogP contribution in [-0.2, 0) is 17.8 Å². The fourth-order valence-electron chi connectivity index (χ4n) is 3.60.